The maximum atomic E-state index is 13.8. The first-order valence-electron chi connectivity index (χ1n) is 26.4. The van der Waals surface area contributed by atoms with Crippen molar-refractivity contribution >= 4 is 94.5 Å². The van der Waals surface area contributed by atoms with Crippen molar-refractivity contribution in [2.24, 2.45) is 40.5 Å². The highest BCUT2D eigenvalue weighted by molar-refractivity contribution is 6.39. The Kier molecular flexibility index (Phi) is 33.7. The maximum Gasteiger partial charge on any atom is 0.305 e. The number of carboxylic acids is 2. The molecular formula is C49H82N14O19. The highest BCUT2D eigenvalue weighted by Gasteiger charge is 2.38. The number of aliphatic hydroxyl groups excluding tert-OH is 1. The molecule has 0 aromatic rings. The number of ketones is 1. The SMILES string of the molecule is CC[C@H](C)[C@H](NC(=O)[C@H](CCCCN)NC(=O)CCC(C)C)C(=O)N[C@H](C(=O)N[C@@H](C)C(=O)N[C@@H](CCC(N)=O)C(=O)C(=O)N[C@@H](CC(=O)O)C(=O)N[C@@H](CC(=O)O)C(=O)N[C@@H](CCC(N)=O)C(=O)N[C@@H](CCC(N)=O)C(N)=O)[C@@H](C)O. The van der Waals surface area contributed by atoms with Gasteiger partial charge in [-0.05, 0) is 77.2 Å². The Balaban J connectivity index is 6.55. The van der Waals surface area contributed by atoms with E-state index in [-0.39, 0.29) is 24.7 Å². The van der Waals surface area contributed by atoms with Crippen LogP contribution < -0.4 is 76.5 Å². The monoisotopic (exact) mass is 1170 g/mol. The second-order valence-electron chi connectivity index (χ2n) is 19.9. The number of primary amides is 4. The van der Waals surface area contributed by atoms with Gasteiger partial charge in [-0.1, -0.05) is 34.1 Å². The molecule has 0 bridgehead atoms. The number of hydrogen-bond donors (Lipinski definition) is 17. The maximum absolute atomic E-state index is 13.8. The number of aliphatic hydroxyl groups is 1. The number of aliphatic carboxylic acids is 2. The van der Waals surface area contributed by atoms with Gasteiger partial charge in [-0.15, -0.1) is 0 Å². The summed E-state index contributed by atoms with van der Waals surface area (Å²) in [5, 5.41) is 49.8. The first kappa shape index (κ1) is 73.6. The van der Waals surface area contributed by atoms with Crippen molar-refractivity contribution in [3.63, 3.8) is 0 Å². The number of carboxylic acid groups (broad SMARTS) is 2. The molecule has 0 radical (unpaired) electrons. The summed E-state index contributed by atoms with van der Waals surface area (Å²) in [5.74, 6) is -20.2. The van der Waals surface area contributed by atoms with Crippen molar-refractivity contribution in [2.75, 3.05) is 6.54 Å². The molecule has 33 heteroatoms. The number of hydrogen-bond acceptors (Lipinski definition) is 18. The number of nitrogens with one attached hydrogen (secondary N) is 9. The van der Waals surface area contributed by atoms with Gasteiger partial charge < -0.3 is 91.8 Å². The third-order valence-electron chi connectivity index (χ3n) is 12.4. The minimum Gasteiger partial charge on any atom is -0.481 e. The van der Waals surface area contributed by atoms with Crippen molar-refractivity contribution in [3.05, 3.63) is 0 Å². The second-order valence-corrected chi connectivity index (χ2v) is 19.9. The number of carbonyl (C=O) groups excluding carboxylic acids is 14. The summed E-state index contributed by atoms with van der Waals surface area (Å²) in [4.78, 5) is 205. The predicted octanol–water partition coefficient (Wildman–Crippen LogP) is -6.84. The molecule has 462 valence electrons. The molecule has 0 spiro atoms. The van der Waals surface area contributed by atoms with Crippen LogP contribution in [-0.4, -0.2) is 177 Å². The lowest BCUT2D eigenvalue weighted by atomic mass is 9.96. The van der Waals surface area contributed by atoms with E-state index in [1.54, 1.807) is 19.2 Å². The van der Waals surface area contributed by atoms with Crippen LogP contribution in [-0.2, 0) is 76.7 Å². The van der Waals surface area contributed by atoms with E-state index in [4.69, 9.17) is 28.7 Å². The van der Waals surface area contributed by atoms with Gasteiger partial charge in [0.25, 0.3) is 5.91 Å². The van der Waals surface area contributed by atoms with Crippen molar-refractivity contribution in [1.29, 1.82) is 0 Å². The topological polar surface area (TPSA) is 572 Å². The first-order valence-corrected chi connectivity index (χ1v) is 26.4. The summed E-state index contributed by atoms with van der Waals surface area (Å²) in [6.45, 7) is 9.70. The predicted molar refractivity (Wildman–Crippen MR) is 285 cm³/mol. The third kappa shape index (κ3) is 29.2. The fourth-order valence-electron chi connectivity index (χ4n) is 7.37. The number of rotatable bonds is 42. The molecule has 22 N–H and O–H groups in total. The Bertz CT molecular complexity index is 2320. The number of Topliss-reactive ketones (excluding diaryl/α,β-unsaturated/α-hetero) is 1. The van der Waals surface area contributed by atoms with Crippen molar-refractivity contribution in [1.82, 2.24) is 47.9 Å². The van der Waals surface area contributed by atoms with Crippen LogP contribution in [0.5, 0.6) is 0 Å². The summed E-state index contributed by atoms with van der Waals surface area (Å²) in [7, 11) is 0. The van der Waals surface area contributed by atoms with Crippen molar-refractivity contribution in [2.45, 2.75) is 192 Å². The fraction of sp³-hybridized carbons (Fsp3) is 0.673. The molecule has 0 aliphatic rings. The van der Waals surface area contributed by atoms with Crippen LogP contribution in [0, 0.1) is 11.8 Å². The van der Waals surface area contributed by atoms with Gasteiger partial charge in [0.05, 0.1) is 25.0 Å². The molecule has 0 rings (SSSR count). The van der Waals surface area contributed by atoms with Gasteiger partial charge in [-0.2, -0.15) is 0 Å². The Morgan fingerprint density at radius 2 is 0.841 bits per heavy atom. The van der Waals surface area contributed by atoms with Gasteiger partial charge >= 0.3 is 11.9 Å². The van der Waals surface area contributed by atoms with Crippen LogP contribution >= 0.6 is 0 Å². The highest BCUT2D eigenvalue weighted by atomic mass is 16.4. The van der Waals surface area contributed by atoms with E-state index in [0.29, 0.717) is 32.2 Å². The number of amides is 13. The molecule has 0 heterocycles. The molecular weight excluding hydrogens is 1090 g/mol. The zero-order valence-electron chi connectivity index (χ0n) is 46.8. The minimum atomic E-state index is -2.32. The zero-order chi connectivity index (χ0) is 63.1. The van der Waals surface area contributed by atoms with E-state index in [1.165, 1.54) is 0 Å². The van der Waals surface area contributed by atoms with E-state index in [9.17, 15) is 92.0 Å². The molecule has 0 aromatic heterocycles. The molecule has 0 fully saturated rings. The van der Waals surface area contributed by atoms with Crippen LogP contribution in [0.3, 0.4) is 0 Å². The van der Waals surface area contributed by atoms with Gasteiger partial charge in [0.2, 0.25) is 76.7 Å². The van der Waals surface area contributed by atoms with Crippen LogP contribution in [0.4, 0.5) is 0 Å². The molecule has 0 aliphatic heterocycles. The fourth-order valence-corrected chi connectivity index (χ4v) is 7.37. The molecule has 33 nitrogen and oxygen atoms in total. The molecule has 82 heavy (non-hydrogen) atoms. The Labute approximate surface area is 472 Å². The molecule has 0 unspecified atom stereocenters. The summed E-state index contributed by atoms with van der Waals surface area (Å²) in [6, 6.07) is -15.8. The average molecular weight is 1170 g/mol. The Hall–Kier alpha value is -8.36. The molecule has 0 saturated heterocycles. The largest absolute Gasteiger partial charge is 0.481 e. The third-order valence-corrected chi connectivity index (χ3v) is 12.4. The molecule has 0 saturated carbocycles. The molecule has 13 amide bonds. The van der Waals surface area contributed by atoms with Crippen LogP contribution in [0.1, 0.15) is 131 Å². The van der Waals surface area contributed by atoms with Crippen LogP contribution in [0.2, 0.25) is 0 Å². The minimum absolute atomic E-state index is 0.140. The lowest BCUT2D eigenvalue weighted by Crippen LogP contribution is -2.62. The summed E-state index contributed by atoms with van der Waals surface area (Å²) in [6.07, 6.45) is -5.54. The number of carbonyl (C=O) groups is 16. The van der Waals surface area contributed by atoms with Gasteiger partial charge in [0.15, 0.2) is 0 Å². The van der Waals surface area contributed by atoms with E-state index in [0.717, 1.165) is 13.8 Å². The van der Waals surface area contributed by atoms with Crippen molar-refractivity contribution in [3.8, 4) is 0 Å². The standard InChI is InChI=1S/C49H82N14O19/c1-7-23(4)38(62-44(77)28(10-8-9-19-50)56-35(68)18-11-22(2)3)47(80)63-39(25(6)64)48(81)55-24(5)42(75)57-26(12-15-32(51)65)40(73)49(82)61-31(21-37(71)72)46(79)60-30(20-36(69)70)45(78)59-29(14-17-34(53)67)43(76)58-27(41(54)74)13-16-33(52)66/h22-31,38-39,64H,7-21,50H2,1-6H3,(H2,51,65)(H2,52,66)(H2,53,67)(H2,54,74)(H,55,81)(H,56,68)(H,57,75)(H,58,76)(H,59,78)(H,60,79)(H,61,82)(H,62,77)(H,63,80)(H,69,70)(H,71,72)/t23-,24-,25+,26-,27-,28-,29-,30-,31-,38-,39-/m0/s1. The van der Waals surface area contributed by atoms with Gasteiger partial charge in [-0.25, -0.2) is 0 Å². The summed E-state index contributed by atoms with van der Waals surface area (Å²) >= 11 is 0. The zero-order valence-corrected chi connectivity index (χ0v) is 46.8. The van der Waals surface area contributed by atoms with Crippen molar-refractivity contribution < 1.29 is 92.0 Å². The van der Waals surface area contributed by atoms with Gasteiger partial charge in [0.1, 0.15) is 48.3 Å². The Morgan fingerprint density at radius 1 is 0.427 bits per heavy atom. The number of unbranched alkanes of at least 4 members (excludes halogenated alkanes) is 1. The molecule has 0 aliphatic carbocycles. The lowest BCUT2D eigenvalue weighted by molar-refractivity contribution is -0.145. The van der Waals surface area contributed by atoms with Crippen LogP contribution in [0.25, 0.3) is 0 Å². The molecule has 11 atom stereocenters. The van der Waals surface area contributed by atoms with E-state index >= 15 is 0 Å². The quantitative estimate of drug-likeness (QED) is 0.0200. The van der Waals surface area contributed by atoms with Gasteiger partial charge in [0, 0.05) is 25.7 Å². The highest BCUT2D eigenvalue weighted by Crippen LogP contribution is 2.13. The smallest absolute Gasteiger partial charge is 0.305 e. The average Bonchev–Trinajstić information content (AvgIpc) is 3.41. The summed E-state index contributed by atoms with van der Waals surface area (Å²) < 4.78 is 0. The van der Waals surface area contributed by atoms with Gasteiger partial charge in [-0.3, -0.25) is 76.7 Å². The summed E-state index contributed by atoms with van der Waals surface area (Å²) in [5.41, 5.74) is 26.4. The van der Waals surface area contributed by atoms with E-state index < -0.39 is 206 Å². The van der Waals surface area contributed by atoms with E-state index in [1.807, 2.05) is 19.2 Å². The lowest BCUT2D eigenvalue weighted by Gasteiger charge is -2.29. The Morgan fingerprint density at radius 3 is 1.30 bits per heavy atom. The molecule has 0 aromatic carbocycles. The normalized spacial score (nSPS) is 15.0. The van der Waals surface area contributed by atoms with Crippen LogP contribution in [0.15, 0.2) is 0 Å². The van der Waals surface area contributed by atoms with E-state index in [2.05, 4.69) is 37.2 Å². The first-order chi connectivity index (χ1) is 38.1. The second kappa shape index (κ2) is 37.6. The number of nitrogens with two attached hydrogens (primary N) is 5.